The van der Waals surface area contributed by atoms with Crippen LogP contribution < -0.4 is 0 Å². The summed E-state index contributed by atoms with van der Waals surface area (Å²) >= 11 is 0. The largest absolute Gasteiger partial charge is 0.507 e. The third kappa shape index (κ3) is 2.16. The molecule has 0 aliphatic carbocycles. The number of benzene rings is 2. The van der Waals surface area contributed by atoms with E-state index in [2.05, 4.69) is 0 Å². The van der Waals surface area contributed by atoms with Crippen molar-refractivity contribution in [3.05, 3.63) is 65.2 Å². The highest BCUT2D eigenvalue weighted by Crippen LogP contribution is 2.19. The van der Waals surface area contributed by atoms with Crippen LogP contribution in [0.25, 0.3) is 0 Å². The Morgan fingerprint density at radius 2 is 1.71 bits per heavy atom. The number of ketones is 1. The third-order valence-corrected chi connectivity index (χ3v) is 2.42. The molecule has 0 aliphatic rings. The van der Waals surface area contributed by atoms with E-state index in [1.165, 1.54) is 6.07 Å². The number of hydrogen-bond acceptors (Lipinski definition) is 3. The fourth-order valence-corrected chi connectivity index (χ4v) is 1.52. The van der Waals surface area contributed by atoms with Crippen molar-refractivity contribution < 1.29 is 9.90 Å². The summed E-state index contributed by atoms with van der Waals surface area (Å²) in [4.78, 5) is 12.0. The molecular formula is C14H9NO2. The fourth-order valence-electron chi connectivity index (χ4n) is 1.52. The normalized spacial score (nSPS) is 9.59. The molecule has 3 heteroatoms. The predicted octanol–water partition coefficient (Wildman–Crippen LogP) is 2.49. The molecule has 0 aromatic heterocycles. The summed E-state index contributed by atoms with van der Waals surface area (Å²) in [7, 11) is 0. The lowest BCUT2D eigenvalue weighted by atomic mass is 10.0. The highest BCUT2D eigenvalue weighted by Gasteiger charge is 2.12. The van der Waals surface area contributed by atoms with Crippen LogP contribution in [0.5, 0.6) is 5.75 Å². The molecule has 3 nitrogen and oxygen atoms in total. The van der Waals surface area contributed by atoms with E-state index in [4.69, 9.17) is 5.26 Å². The van der Waals surface area contributed by atoms with Crippen molar-refractivity contribution in [2.75, 3.05) is 0 Å². The molecule has 82 valence electrons. The zero-order valence-electron chi connectivity index (χ0n) is 8.92. The van der Waals surface area contributed by atoms with Crippen LogP contribution in [0.4, 0.5) is 0 Å². The van der Waals surface area contributed by atoms with Gasteiger partial charge in [-0.3, -0.25) is 4.79 Å². The SMILES string of the molecule is N#Cc1ccc(C(=O)c2ccccc2O)cc1. The van der Waals surface area contributed by atoms with E-state index in [0.717, 1.165) is 0 Å². The first kappa shape index (κ1) is 10.9. The highest BCUT2D eigenvalue weighted by atomic mass is 16.3. The van der Waals surface area contributed by atoms with Gasteiger partial charge in [0.2, 0.25) is 0 Å². The highest BCUT2D eigenvalue weighted by molar-refractivity contribution is 6.10. The van der Waals surface area contributed by atoms with Crippen molar-refractivity contribution in [2.45, 2.75) is 0 Å². The molecule has 0 heterocycles. The van der Waals surface area contributed by atoms with Crippen molar-refractivity contribution in [1.82, 2.24) is 0 Å². The number of aromatic hydroxyl groups is 1. The van der Waals surface area contributed by atoms with Gasteiger partial charge in [-0.2, -0.15) is 5.26 Å². The molecule has 0 spiro atoms. The van der Waals surface area contributed by atoms with Crippen molar-refractivity contribution in [1.29, 1.82) is 5.26 Å². The number of para-hydroxylation sites is 1. The number of rotatable bonds is 2. The third-order valence-electron chi connectivity index (χ3n) is 2.42. The summed E-state index contributed by atoms with van der Waals surface area (Å²) in [6.45, 7) is 0. The van der Waals surface area contributed by atoms with Gasteiger partial charge in [0.05, 0.1) is 17.2 Å². The fraction of sp³-hybridized carbons (Fsp3) is 0. The smallest absolute Gasteiger partial charge is 0.196 e. The van der Waals surface area contributed by atoms with Gasteiger partial charge in [-0.1, -0.05) is 12.1 Å². The van der Waals surface area contributed by atoms with Gasteiger partial charge in [-0.15, -0.1) is 0 Å². The van der Waals surface area contributed by atoms with E-state index in [-0.39, 0.29) is 17.1 Å². The van der Waals surface area contributed by atoms with Gasteiger partial charge in [0.25, 0.3) is 0 Å². The Hall–Kier alpha value is -2.60. The molecule has 17 heavy (non-hydrogen) atoms. The molecule has 0 saturated heterocycles. The van der Waals surface area contributed by atoms with E-state index in [1.54, 1.807) is 42.5 Å². The quantitative estimate of drug-likeness (QED) is 0.795. The second kappa shape index (κ2) is 4.50. The van der Waals surface area contributed by atoms with Gasteiger partial charge in [0, 0.05) is 5.56 Å². The molecule has 0 bridgehead atoms. The molecule has 2 aromatic carbocycles. The van der Waals surface area contributed by atoms with Crippen LogP contribution in [-0.2, 0) is 0 Å². The van der Waals surface area contributed by atoms with Crippen LogP contribution in [-0.4, -0.2) is 10.9 Å². The maximum atomic E-state index is 12.0. The van der Waals surface area contributed by atoms with Gasteiger partial charge >= 0.3 is 0 Å². The lowest BCUT2D eigenvalue weighted by Gasteiger charge is -2.03. The Morgan fingerprint density at radius 1 is 1.06 bits per heavy atom. The standard InChI is InChI=1S/C14H9NO2/c15-9-10-5-7-11(8-6-10)14(17)12-3-1-2-4-13(12)16/h1-8,16H. The lowest BCUT2D eigenvalue weighted by Crippen LogP contribution is -2.01. The second-order valence-corrected chi connectivity index (χ2v) is 3.54. The Labute approximate surface area is 98.6 Å². The Kier molecular flexibility index (Phi) is 2.89. The topological polar surface area (TPSA) is 61.1 Å². The van der Waals surface area contributed by atoms with Gasteiger partial charge in [-0.25, -0.2) is 0 Å². The molecule has 1 N–H and O–H groups in total. The summed E-state index contributed by atoms with van der Waals surface area (Å²) in [5, 5.41) is 18.2. The number of carbonyl (C=O) groups is 1. The molecule has 2 rings (SSSR count). The molecule has 0 aliphatic heterocycles. The molecular weight excluding hydrogens is 214 g/mol. The van der Waals surface area contributed by atoms with Crippen molar-refractivity contribution in [3.8, 4) is 11.8 Å². The van der Waals surface area contributed by atoms with Crippen molar-refractivity contribution >= 4 is 5.78 Å². The zero-order valence-corrected chi connectivity index (χ0v) is 8.92. The number of hydrogen-bond donors (Lipinski definition) is 1. The second-order valence-electron chi connectivity index (χ2n) is 3.54. The van der Waals surface area contributed by atoms with Gasteiger partial charge in [-0.05, 0) is 36.4 Å². The van der Waals surface area contributed by atoms with E-state index < -0.39 is 0 Å². The van der Waals surface area contributed by atoms with E-state index in [0.29, 0.717) is 11.1 Å². The molecule has 0 atom stereocenters. The maximum Gasteiger partial charge on any atom is 0.196 e. The average Bonchev–Trinajstić information content (AvgIpc) is 2.39. The summed E-state index contributed by atoms with van der Waals surface area (Å²) in [6, 6.07) is 14.7. The van der Waals surface area contributed by atoms with E-state index >= 15 is 0 Å². The minimum atomic E-state index is -0.257. The molecule has 0 fully saturated rings. The molecule has 0 saturated carbocycles. The summed E-state index contributed by atoms with van der Waals surface area (Å²) in [6.07, 6.45) is 0. The zero-order chi connectivity index (χ0) is 12.3. The number of nitriles is 1. The number of phenols is 1. The maximum absolute atomic E-state index is 12.0. The monoisotopic (exact) mass is 223 g/mol. The van der Waals surface area contributed by atoms with Crippen LogP contribution in [0.1, 0.15) is 21.5 Å². The van der Waals surface area contributed by atoms with Crippen LogP contribution in [0.2, 0.25) is 0 Å². The van der Waals surface area contributed by atoms with E-state index in [1.807, 2.05) is 6.07 Å². The molecule has 2 aromatic rings. The van der Waals surface area contributed by atoms with E-state index in [9.17, 15) is 9.90 Å². The van der Waals surface area contributed by atoms with Crippen molar-refractivity contribution in [2.24, 2.45) is 0 Å². The van der Waals surface area contributed by atoms with Gasteiger partial charge in [0.1, 0.15) is 5.75 Å². The summed E-state index contributed by atoms with van der Waals surface area (Å²) in [5.41, 5.74) is 1.21. The Balaban J connectivity index is 2.38. The minimum Gasteiger partial charge on any atom is -0.507 e. The first-order chi connectivity index (χ1) is 8.22. The summed E-state index contributed by atoms with van der Waals surface area (Å²) < 4.78 is 0. The Bertz CT molecular complexity index is 594. The number of carbonyl (C=O) groups excluding carboxylic acids is 1. The molecule has 0 radical (unpaired) electrons. The van der Waals surface area contributed by atoms with Crippen LogP contribution in [0, 0.1) is 11.3 Å². The van der Waals surface area contributed by atoms with Gasteiger partial charge < -0.3 is 5.11 Å². The predicted molar refractivity (Wildman–Crippen MR) is 62.7 cm³/mol. The average molecular weight is 223 g/mol. The van der Waals surface area contributed by atoms with Crippen molar-refractivity contribution in [3.63, 3.8) is 0 Å². The van der Waals surface area contributed by atoms with Crippen LogP contribution >= 0.6 is 0 Å². The summed E-state index contributed by atoms with van der Waals surface area (Å²) in [5.74, 6) is -0.297. The lowest BCUT2D eigenvalue weighted by molar-refractivity contribution is 0.103. The number of nitrogens with zero attached hydrogens (tertiary/aromatic N) is 1. The Morgan fingerprint density at radius 3 is 2.29 bits per heavy atom. The van der Waals surface area contributed by atoms with Gasteiger partial charge in [0.15, 0.2) is 5.78 Å². The molecule has 0 unspecified atom stereocenters. The van der Waals surface area contributed by atoms with Crippen LogP contribution in [0.3, 0.4) is 0 Å². The number of phenolic OH excluding ortho intramolecular Hbond substituents is 1. The minimum absolute atomic E-state index is 0.0399. The first-order valence-electron chi connectivity index (χ1n) is 5.05. The first-order valence-corrected chi connectivity index (χ1v) is 5.05. The van der Waals surface area contributed by atoms with Crippen LogP contribution in [0.15, 0.2) is 48.5 Å². The molecule has 0 amide bonds.